The number of carbonyl (C=O) groups excluding carboxylic acids is 1. The molecule has 31 heavy (non-hydrogen) atoms. The molecule has 7 atom stereocenters. The highest BCUT2D eigenvalue weighted by atomic mass is 16.6. The van der Waals surface area contributed by atoms with Gasteiger partial charge in [-0.3, -0.25) is 9.69 Å². The monoisotopic (exact) mass is 424 g/mol. The summed E-state index contributed by atoms with van der Waals surface area (Å²) in [6.07, 6.45) is 5.00. The van der Waals surface area contributed by atoms with Crippen molar-refractivity contribution in [2.45, 2.75) is 64.3 Å². The third-order valence-electron chi connectivity index (χ3n) is 9.39. The van der Waals surface area contributed by atoms with Crippen molar-refractivity contribution in [2.75, 3.05) is 37.6 Å². The van der Waals surface area contributed by atoms with Gasteiger partial charge in [0.1, 0.15) is 11.7 Å². The highest BCUT2D eigenvalue weighted by Gasteiger charge is 2.78. The number of esters is 1. The Hall–Kier alpha value is -1.59. The Morgan fingerprint density at radius 2 is 2.00 bits per heavy atom. The molecule has 5 aliphatic rings. The Morgan fingerprint density at radius 3 is 2.77 bits per heavy atom. The van der Waals surface area contributed by atoms with Gasteiger partial charge in [0, 0.05) is 49.7 Å². The molecule has 3 heterocycles. The second-order valence-corrected chi connectivity index (χ2v) is 11.2. The maximum Gasteiger partial charge on any atom is 0.311 e. The van der Waals surface area contributed by atoms with Crippen LogP contribution in [-0.2, 0) is 14.3 Å². The number of anilines is 1. The summed E-state index contributed by atoms with van der Waals surface area (Å²) in [5.74, 6) is 0.831. The fourth-order valence-electron chi connectivity index (χ4n) is 7.73. The average Bonchev–Trinajstić information content (AvgIpc) is 3.43. The van der Waals surface area contributed by atoms with Gasteiger partial charge in [-0.05, 0) is 49.8 Å². The van der Waals surface area contributed by atoms with E-state index in [9.17, 15) is 4.79 Å². The first-order valence-electron chi connectivity index (χ1n) is 12.3. The molecular weight excluding hydrogens is 388 g/mol. The van der Waals surface area contributed by atoms with Crippen molar-refractivity contribution in [1.82, 2.24) is 4.90 Å². The van der Waals surface area contributed by atoms with Crippen LogP contribution < -0.4 is 4.90 Å². The smallest absolute Gasteiger partial charge is 0.311 e. The molecule has 3 aliphatic heterocycles. The van der Waals surface area contributed by atoms with Gasteiger partial charge < -0.3 is 14.4 Å². The van der Waals surface area contributed by atoms with Crippen molar-refractivity contribution in [3.05, 3.63) is 29.8 Å². The lowest BCUT2D eigenvalue weighted by molar-refractivity contribution is -0.146. The summed E-state index contributed by atoms with van der Waals surface area (Å²) in [7, 11) is 0. The Bertz CT molecular complexity index is 881. The molecule has 2 saturated carbocycles. The number of aryl methyl sites for hydroxylation is 1. The molecule has 6 rings (SSSR count). The lowest BCUT2D eigenvalue weighted by Gasteiger charge is -2.49. The lowest BCUT2D eigenvalue weighted by Crippen LogP contribution is -2.55. The number of hydrogen-bond acceptors (Lipinski definition) is 5. The van der Waals surface area contributed by atoms with Gasteiger partial charge in [0.15, 0.2) is 0 Å². The van der Waals surface area contributed by atoms with Gasteiger partial charge in [0.05, 0.1) is 12.0 Å². The number of benzene rings is 1. The number of nitrogens with zero attached hydrogens (tertiary/aromatic N) is 2. The Labute approximate surface area is 186 Å². The van der Waals surface area contributed by atoms with E-state index in [4.69, 9.17) is 9.47 Å². The van der Waals surface area contributed by atoms with E-state index in [1.807, 2.05) is 0 Å². The molecule has 1 spiro atoms. The van der Waals surface area contributed by atoms with Gasteiger partial charge in [0.2, 0.25) is 0 Å². The van der Waals surface area contributed by atoms with E-state index in [1.165, 1.54) is 30.5 Å². The van der Waals surface area contributed by atoms with Crippen LogP contribution in [0.1, 0.15) is 45.1 Å². The maximum atomic E-state index is 13.0. The Balaban J connectivity index is 1.14. The summed E-state index contributed by atoms with van der Waals surface area (Å²) in [6, 6.07) is 8.76. The predicted molar refractivity (Wildman–Crippen MR) is 120 cm³/mol. The van der Waals surface area contributed by atoms with Crippen LogP contribution in [0.5, 0.6) is 0 Å². The van der Waals surface area contributed by atoms with Crippen LogP contribution in [0.4, 0.5) is 5.69 Å². The van der Waals surface area contributed by atoms with E-state index in [2.05, 4.69) is 54.8 Å². The van der Waals surface area contributed by atoms with Crippen molar-refractivity contribution in [1.29, 1.82) is 0 Å². The molecule has 5 heteroatoms. The zero-order valence-corrected chi connectivity index (χ0v) is 19.2. The quantitative estimate of drug-likeness (QED) is 0.548. The minimum Gasteiger partial charge on any atom is -0.462 e. The zero-order valence-electron chi connectivity index (χ0n) is 19.2. The molecule has 3 saturated heterocycles. The summed E-state index contributed by atoms with van der Waals surface area (Å²) in [4.78, 5) is 17.9. The first-order valence-corrected chi connectivity index (χ1v) is 12.3. The van der Waals surface area contributed by atoms with Gasteiger partial charge in [-0.2, -0.15) is 0 Å². The van der Waals surface area contributed by atoms with E-state index in [1.54, 1.807) is 0 Å². The number of rotatable bonds is 3. The topological polar surface area (TPSA) is 45.3 Å². The first kappa shape index (κ1) is 20.0. The van der Waals surface area contributed by atoms with E-state index >= 15 is 0 Å². The number of piperazine rings is 1. The van der Waals surface area contributed by atoms with Gasteiger partial charge >= 0.3 is 5.97 Å². The number of ether oxygens (including phenoxy) is 2. The van der Waals surface area contributed by atoms with E-state index in [0.717, 1.165) is 39.1 Å². The molecule has 168 valence electrons. The second-order valence-electron chi connectivity index (χ2n) is 11.2. The van der Waals surface area contributed by atoms with Gasteiger partial charge in [-0.25, -0.2) is 0 Å². The molecule has 1 aromatic carbocycles. The van der Waals surface area contributed by atoms with Crippen LogP contribution >= 0.6 is 0 Å². The first-order chi connectivity index (χ1) is 14.9. The Kier molecular flexibility index (Phi) is 4.50. The van der Waals surface area contributed by atoms with Crippen LogP contribution in [0, 0.1) is 30.1 Å². The molecular formula is C26H36N2O3. The molecule has 1 aromatic rings. The van der Waals surface area contributed by atoms with Crippen LogP contribution in [0.25, 0.3) is 0 Å². The van der Waals surface area contributed by atoms with Gasteiger partial charge in [-0.1, -0.05) is 32.4 Å². The van der Waals surface area contributed by atoms with Crippen LogP contribution in [0.15, 0.2) is 24.3 Å². The summed E-state index contributed by atoms with van der Waals surface area (Å²) in [5.41, 5.74) is 2.79. The second kappa shape index (κ2) is 6.95. The van der Waals surface area contributed by atoms with Gasteiger partial charge in [-0.15, -0.1) is 0 Å². The normalized spacial score (nSPS) is 44.3. The summed E-state index contributed by atoms with van der Waals surface area (Å²) >= 11 is 0. The van der Waals surface area contributed by atoms with Gasteiger partial charge in [0.25, 0.3) is 0 Å². The molecule has 0 radical (unpaired) electrons. The van der Waals surface area contributed by atoms with Crippen molar-refractivity contribution in [2.24, 2.45) is 23.2 Å². The lowest BCUT2D eigenvalue weighted by atomic mass is 9.53. The summed E-state index contributed by atoms with van der Waals surface area (Å²) in [5, 5.41) is 0. The van der Waals surface area contributed by atoms with Crippen molar-refractivity contribution < 1.29 is 14.3 Å². The summed E-state index contributed by atoms with van der Waals surface area (Å²) in [6.45, 7) is 11.8. The zero-order chi connectivity index (χ0) is 21.4. The third kappa shape index (κ3) is 2.92. The molecule has 0 unspecified atom stereocenters. The SMILES string of the molecule is Cc1cccc(N2CCN(C[C@@H]3C(=O)O[C@@H]4C[C@@]5(C)CCC[C@H](C)[C@@]56O[C@@H]6[C@H]34)CC2)c1. The molecule has 0 N–H and O–H groups in total. The fourth-order valence-corrected chi connectivity index (χ4v) is 7.73. The third-order valence-corrected chi connectivity index (χ3v) is 9.39. The predicted octanol–water partition coefficient (Wildman–Crippen LogP) is 3.64. The van der Waals surface area contributed by atoms with E-state index < -0.39 is 0 Å². The fraction of sp³-hybridized carbons (Fsp3) is 0.731. The molecule has 5 nitrogen and oxygen atoms in total. The molecule has 2 aliphatic carbocycles. The van der Waals surface area contributed by atoms with Crippen LogP contribution in [0.3, 0.4) is 0 Å². The average molecular weight is 425 g/mol. The largest absolute Gasteiger partial charge is 0.462 e. The van der Waals surface area contributed by atoms with Crippen molar-refractivity contribution in [3.63, 3.8) is 0 Å². The minimum atomic E-state index is -0.0291. The number of fused-ring (bicyclic) bond motifs is 2. The van der Waals surface area contributed by atoms with Crippen LogP contribution in [-0.4, -0.2) is 61.4 Å². The highest BCUT2D eigenvalue weighted by molar-refractivity contribution is 5.76. The molecule has 0 aromatic heterocycles. The Morgan fingerprint density at radius 1 is 1.19 bits per heavy atom. The number of hydrogen-bond donors (Lipinski definition) is 0. The highest BCUT2D eigenvalue weighted by Crippen LogP contribution is 2.70. The molecule has 0 bridgehead atoms. The maximum absolute atomic E-state index is 13.0. The van der Waals surface area contributed by atoms with E-state index in [0.29, 0.717) is 5.92 Å². The standard InChI is InChI=1S/C26H36N2O3/c1-17-6-4-8-19(14-17)28-12-10-27(11-13-28)16-20-22-21(30-24(20)29)15-25(3)9-5-7-18(2)26(25)23(22)31-26/h4,6,8,14,18,20-23H,5,7,9-13,15-16H2,1-3H3/t18-,20-,21+,22+,23+,25+,26-/m0/s1. The minimum absolute atomic E-state index is 0.00249. The number of carbonyl (C=O) groups is 1. The van der Waals surface area contributed by atoms with Crippen molar-refractivity contribution >= 4 is 11.7 Å². The number of epoxide rings is 1. The summed E-state index contributed by atoms with van der Waals surface area (Å²) < 4.78 is 12.6. The molecule has 0 amide bonds. The van der Waals surface area contributed by atoms with E-state index in [-0.39, 0.29) is 41.0 Å². The molecule has 5 fully saturated rings. The van der Waals surface area contributed by atoms with Crippen molar-refractivity contribution in [3.8, 4) is 0 Å². The van der Waals surface area contributed by atoms with Crippen LogP contribution in [0.2, 0.25) is 0 Å².